The Morgan fingerprint density at radius 1 is 1.29 bits per heavy atom. The molecule has 4 rings (SSSR count). The second-order valence-corrected chi connectivity index (χ2v) is 6.18. The van der Waals surface area contributed by atoms with E-state index in [-0.39, 0.29) is 5.91 Å². The standard InChI is InChI=1S/C17H15N5OS/c23-16(15-10-12-4-1-2-5-14(12)21-15)18-8-6-13-11-24-17(20-13)22-9-3-7-19-22/h1-5,7,9-11,21H,6,8H2,(H,18,23). The second-order valence-electron chi connectivity index (χ2n) is 5.35. The Morgan fingerprint density at radius 3 is 3.04 bits per heavy atom. The molecule has 0 bridgehead atoms. The van der Waals surface area contributed by atoms with Gasteiger partial charge in [-0.1, -0.05) is 18.2 Å². The Balaban J connectivity index is 1.36. The van der Waals surface area contributed by atoms with Gasteiger partial charge in [0.1, 0.15) is 5.69 Å². The van der Waals surface area contributed by atoms with E-state index in [1.165, 1.54) is 11.3 Å². The van der Waals surface area contributed by atoms with E-state index in [1.54, 1.807) is 10.9 Å². The molecule has 120 valence electrons. The Hall–Kier alpha value is -2.93. The van der Waals surface area contributed by atoms with Gasteiger partial charge in [-0.2, -0.15) is 5.10 Å². The number of aromatic amines is 1. The smallest absolute Gasteiger partial charge is 0.267 e. The fraction of sp³-hybridized carbons (Fsp3) is 0.118. The van der Waals surface area contributed by atoms with Crippen LogP contribution in [0.25, 0.3) is 16.0 Å². The molecule has 0 fully saturated rings. The lowest BCUT2D eigenvalue weighted by Gasteiger charge is -2.01. The van der Waals surface area contributed by atoms with Crippen LogP contribution in [0.3, 0.4) is 0 Å². The number of H-pyrrole nitrogens is 1. The predicted octanol–water partition coefficient (Wildman–Crippen LogP) is 2.78. The molecular weight excluding hydrogens is 322 g/mol. The van der Waals surface area contributed by atoms with Gasteiger partial charge in [-0.15, -0.1) is 11.3 Å². The Morgan fingerprint density at radius 2 is 2.21 bits per heavy atom. The number of hydrogen-bond acceptors (Lipinski definition) is 4. The van der Waals surface area contributed by atoms with Crippen molar-refractivity contribution in [1.29, 1.82) is 0 Å². The van der Waals surface area contributed by atoms with Crippen LogP contribution in [-0.4, -0.2) is 32.2 Å². The van der Waals surface area contributed by atoms with E-state index in [1.807, 2.05) is 48.0 Å². The summed E-state index contributed by atoms with van der Waals surface area (Å²) >= 11 is 1.54. The number of thiazole rings is 1. The molecule has 1 amide bonds. The summed E-state index contributed by atoms with van der Waals surface area (Å²) < 4.78 is 1.73. The number of amides is 1. The number of aromatic nitrogens is 4. The van der Waals surface area contributed by atoms with Crippen molar-refractivity contribution in [3.05, 3.63) is 65.6 Å². The van der Waals surface area contributed by atoms with Crippen LogP contribution in [-0.2, 0) is 6.42 Å². The molecule has 24 heavy (non-hydrogen) atoms. The lowest BCUT2D eigenvalue weighted by Crippen LogP contribution is -2.26. The SMILES string of the molecule is O=C(NCCc1csc(-n2cccn2)n1)c1cc2ccccc2[nH]1. The van der Waals surface area contributed by atoms with Gasteiger partial charge in [0.15, 0.2) is 0 Å². The van der Waals surface area contributed by atoms with Crippen LogP contribution < -0.4 is 5.32 Å². The Labute approximate surface area is 142 Å². The largest absolute Gasteiger partial charge is 0.351 e. The molecule has 2 N–H and O–H groups in total. The number of nitrogens with one attached hydrogen (secondary N) is 2. The van der Waals surface area contributed by atoms with Crippen LogP contribution in [0.5, 0.6) is 0 Å². The first kappa shape index (κ1) is 14.6. The van der Waals surface area contributed by atoms with E-state index in [4.69, 9.17) is 0 Å². The van der Waals surface area contributed by atoms with E-state index < -0.39 is 0 Å². The molecule has 3 aromatic heterocycles. The zero-order chi connectivity index (χ0) is 16.4. The monoisotopic (exact) mass is 337 g/mol. The van der Waals surface area contributed by atoms with Crippen LogP contribution in [0.2, 0.25) is 0 Å². The molecule has 4 aromatic rings. The molecule has 3 heterocycles. The minimum atomic E-state index is -0.103. The Bertz CT molecular complexity index is 937. The van der Waals surface area contributed by atoms with Gasteiger partial charge in [-0.3, -0.25) is 4.79 Å². The highest BCUT2D eigenvalue weighted by atomic mass is 32.1. The number of nitrogens with zero attached hydrogens (tertiary/aromatic N) is 3. The molecule has 0 saturated heterocycles. The van der Waals surface area contributed by atoms with Crippen LogP contribution in [0.15, 0.2) is 54.2 Å². The first-order valence-corrected chi connectivity index (χ1v) is 8.48. The van der Waals surface area contributed by atoms with Crippen molar-refractivity contribution in [1.82, 2.24) is 25.1 Å². The number of benzene rings is 1. The lowest BCUT2D eigenvalue weighted by atomic mass is 10.2. The van der Waals surface area contributed by atoms with E-state index >= 15 is 0 Å². The van der Waals surface area contributed by atoms with Crippen LogP contribution in [0.4, 0.5) is 0 Å². The summed E-state index contributed by atoms with van der Waals surface area (Å²) in [7, 11) is 0. The first-order chi connectivity index (χ1) is 11.8. The molecule has 0 spiro atoms. The van der Waals surface area contributed by atoms with E-state index in [9.17, 15) is 4.79 Å². The summed E-state index contributed by atoms with van der Waals surface area (Å²) in [5.41, 5.74) is 2.49. The van der Waals surface area contributed by atoms with Gasteiger partial charge < -0.3 is 10.3 Å². The molecule has 0 atom stereocenters. The topological polar surface area (TPSA) is 75.6 Å². The van der Waals surface area contributed by atoms with Gasteiger partial charge in [0.2, 0.25) is 5.13 Å². The summed E-state index contributed by atoms with van der Waals surface area (Å²) in [6, 6.07) is 11.6. The fourth-order valence-electron chi connectivity index (χ4n) is 2.49. The fourth-order valence-corrected chi connectivity index (χ4v) is 3.29. The number of para-hydroxylation sites is 1. The number of hydrogen-bond donors (Lipinski definition) is 2. The third kappa shape index (κ3) is 2.93. The number of fused-ring (bicyclic) bond motifs is 1. The quantitative estimate of drug-likeness (QED) is 0.588. The summed E-state index contributed by atoms with van der Waals surface area (Å²) in [6.07, 6.45) is 4.27. The van der Waals surface area contributed by atoms with Gasteiger partial charge >= 0.3 is 0 Å². The van der Waals surface area contributed by atoms with Gasteiger partial charge in [-0.05, 0) is 18.2 Å². The highest BCUT2D eigenvalue weighted by Gasteiger charge is 2.09. The average molecular weight is 337 g/mol. The maximum Gasteiger partial charge on any atom is 0.267 e. The van der Waals surface area contributed by atoms with Crippen molar-refractivity contribution >= 4 is 28.1 Å². The van der Waals surface area contributed by atoms with E-state index in [0.717, 1.165) is 21.7 Å². The predicted molar refractivity (Wildman–Crippen MR) is 93.6 cm³/mol. The lowest BCUT2D eigenvalue weighted by molar-refractivity contribution is 0.0950. The van der Waals surface area contributed by atoms with Crippen LogP contribution >= 0.6 is 11.3 Å². The molecule has 0 aliphatic rings. The average Bonchev–Trinajstić information content (AvgIpc) is 3.33. The molecule has 0 aliphatic heterocycles. The maximum atomic E-state index is 12.2. The molecule has 0 radical (unpaired) electrons. The third-order valence-electron chi connectivity index (χ3n) is 3.68. The Kier molecular flexibility index (Phi) is 3.84. The van der Waals surface area contributed by atoms with Gasteiger partial charge in [0, 0.05) is 41.6 Å². The zero-order valence-corrected chi connectivity index (χ0v) is 13.6. The number of carbonyl (C=O) groups excluding carboxylic acids is 1. The zero-order valence-electron chi connectivity index (χ0n) is 12.8. The van der Waals surface area contributed by atoms with Crippen molar-refractivity contribution in [2.24, 2.45) is 0 Å². The second kappa shape index (κ2) is 6.29. The third-order valence-corrected chi connectivity index (χ3v) is 4.56. The van der Waals surface area contributed by atoms with Crippen molar-refractivity contribution in [2.75, 3.05) is 6.54 Å². The minimum absolute atomic E-state index is 0.103. The van der Waals surface area contributed by atoms with Crippen molar-refractivity contribution in [3.8, 4) is 5.13 Å². The normalized spacial score (nSPS) is 11.0. The molecule has 7 heteroatoms. The molecular formula is C17H15N5OS. The summed E-state index contributed by atoms with van der Waals surface area (Å²) in [6.45, 7) is 0.538. The summed E-state index contributed by atoms with van der Waals surface area (Å²) in [4.78, 5) is 19.9. The molecule has 1 aromatic carbocycles. The van der Waals surface area contributed by atoms with Crippen LogP contribution in [0.1, 0.15) is 16.2 Å². The van der Waals surface area contributed by atoms with Gasteiger partial charge in [0.25, 0.3) is 5.91 Å². The maximum absolute atomic E-state index is 12.2. The van der Waals surface area contributed by atoms with Gasteiger partial charge in [0.05, 0.1) is 5.69 Å². The van der Waals surface area contributed by atoms with E-state index in [0.29, 0.717) is 18.7 Å². The van der Waals surface area contributed by atoms with Crippen LogP contribution in [0, 0.1) is 0 Å². The first-order valence-electron chi connectivity index (χ1n) is 7.60. The molecule has 6 nitrogen and oxygen atoms in total. The van der Waals surface area contributed by atoms with Crippen molar-refractivity contribution in [2.45, 2.75) is 6.42 Å². The molecule has 0 saturated carbocycles. The minimum Gasteiger partial charge on any atom is -0.351 e. The van der Waals surface area contributed by atoms with E-state index in [2.05, 4.69) is 20.4 Å². The number of rotatable bonds is 5. The molecule has 0 unspecified atom stereocenters. The summed E-state index contributed by atoms with van der Waals surface area (Å²) in [5.74, 6) is -0.103. The van der Waals surface area contributed by atoms with Gasteiger partial charge in [-0.25, -0.2) is 9.67 Å². The number of carbonyl (C=O) groups is 1. The highest BCUT2D eigenvalue weighted by molar-refractivity contribution is 7.12. The highest BCUT2D eigenvalue weighted by Crippen LogP contribution is 2.15. The van der Waals surface area contributed by atoms with Crippen molar-refractivity contribution in [3.63, 3.8) is 0 Å². The summed E-state index contributed by atoms with van der Waals surface area (Å²) in [5, 5.41) is 10.9. The van der Waals surface area contributed by atoms with Crippen molar-refractivity contribution < 1.29 is 4.79 Å². The molecule has 0 aliphatic carbocycles.